The molecule has 1 aromatic carbocycles. The number of esters is 1. The lowest BCUT2D eigenvalue weighted by molar-refractivity contribution is -0.136. The number of hydrogen-bond donors (Lipinski definition) is 1. The molecule has 0 radical (unpaired) electrons. The lowest BCUT2D eigenvalue weighted by atomic mass is 9.83. The molecule has 118 valence electrons. The Balaban J connectivity index is 2.16. The normalized spacial score (nSPS) is 19.3. The number of rotatable bonds is 2. The zero-order valence-electron chi connectivity index (χ0n) is 12.6. The third-order valence-corrected chi connectivity index (χ3v) is 3.74. The van der Waals surface area contributed by atoms with Crippen LogP contribution in [0, 0.1) is 11.3 Å². The van der Waals surface area contributed by atoms with E-state index >= 15 is 0 Å². The quantitative estimate of drug-likeness (QED) is 0.828. The van der Waals surface area contributed by atoms with Crippen LogP contribution in [0.3, 0.4) is 0 Å². The van der Waals surface area contributed by atoms with Gasteiger partial charge in [0.25, 0.3) is 0 Å². The van der Waals surface area contributed by atoms with Crippen molar-refractivity contribution >= 4 is 5.97 Å². The van der Waals surface area contributed by atoms with Crippen LogP contribution < -0.4 is 15.2 Å². The molecule has 0 unspecified atom stereocenters. The molecule has 2 N–H and O–H groups in total. The van der Waals surface area contributed by atoms with Gasteiger partial charge in [0.1, 0.15) is 17.4 Å². The Bertz CT molecular complexity index is 788. The first-order chi connectivity index (χ1) is 11.1. The maximum atomic E-state index is 12.2. The van der Waals surface area contributed by atoms with Crippen molar-refractivity contribution in [2.45, 2.75) is 12.8 Å². The molecule has 0 amide bonds. The number of hydrogen-bond acceptors (Lipinski definition) is 7. The van der Waals surface area contributed by atoms with Gasteiger partial charge < -0.3 is 24.7 Å². The van der Waals surface area contributed by atoms with Gasteiger partial charge in [-0.3, -0.25) is 0 Å². The number of fused-ring (bicyclic) bond motifs is 1. The molecule has 0 spiro atoms. The summed E-state index contributed by atoms with van der Waals surface area (Å²) in [6, 6.07) is 7.22. The van der Waals surface area contributed by atoms with E-state index in [4.69, 9.17) is 24.7 Å². The third kappa shape index (κ3) is 2.34. The number of allylic oxidation sites excluding steroid dienone is 2. The van der Waals surface area contributed by atoms with Crippen LogP contribution in [0.25, 0.3) is 0 Å². The first-order valence-electron chi connectivity index (χ1n) is 6.83. The van der Waals surface area contributed by atoms with E-state index in [-0.39, 0.29) is 23.8 Å². The molecule has 7 heteroatoms. The minimum Gasteiger partial charge on any atom is -0.466 e. The number of carbonyl (C=O) groups excluding carboxylic acids is 1. The Hall–Kier alpha value is -3.14. The average Bonchev–Trinajstić information content (AvgIpc) is 3.01. The van der Waals surface area contributed by atoms with Crippen LogP contribution in [0.15, 0.2) is 41.0 Å². The highest BCUT2D eigenvalue weighted by atomic mass is 16.7. The van der Waals surface area contributed by atoms with Crippen molar-refractivity contribution < 1.29 is 23.7 Å². The molecule has 2 heterocycles. The molecule has 0 aliphatic carbocycles. The number of methoxy groups -OCH3 is 1. The van der Waals surface area contributed by atoms with Crippen molar-refractivity contribution in [3.63, 3.8) is 0 Å². The summed E-state index contributed by atoms with van der Waals surface area (Å²) in [5, 5.41) is 9.45. The van der Waals surface area contributed by atoms with E-state index in [1.165, 1.54) is 7.11 Å². The second-order valence-corrected chi connectivity index (χ2v) is 5.00. The lowest BCUT2D eigenvalue weighted by Gasteiger charge is -2.26. The highest BCUT2D eigenvalue weighted by Crippen LogP contribution is 2.42. The minimum atomic E-state index is -0.685. The smallest absolute Gasteiger partial charge is 0.338 e. The summed E-state index contributed by atoms with van der Waals surface area (Å²) in [6.45, 7) is 1.74. The van der Waals surface area contributed by atoms with Crippen LogP contribution in [0.5, 0.6) is 11.5 Å². The molecular formula is C16H14N2O5. The standard InChI is InChI=1S/C16H14N2O5/c1-8-13(16(19)20-2)14(10(6-17)15(18)23-8)9-3-4-11-12(5-9)22-7-21-11/h3-5,14H,7,18H2,1-2H3/t14-/m1/s1. The van der Waals surface area contributed by atoms with Gasteiger partial charge in [-0.2, -0.15) is 5.26 Å². The molecule has 1 atom stereocenters. The maximum Gasteiger partial charge on any atom is 0.338 e. The van der Waals surface area contributed by atoms with Crippen molar-refractivity contribution in [1.82, 2.24) is 0 Å². The summed E-state index contributed by atoms with van der Waals surface area (Å²) < 4.78 is 20.8. The van der Waals surface area contributed by atoms with Gasteiger partial charge in [-0.05, 0) is 24.6 Å². The molecule has 1 aromatic rings. The van der Waals surface area contributed by atoms with Crippen molar-refractivity contribution in [2.24, 2.45) is 5.73 Å². The van der Waals surface area contributed by atoms with E-state index < -0.39 is 11.9 Å². The number of nitrogens with two attached hydrogens (primary N) is 1. The molecule has 7 nitrogen and oxygen atoms in total. The second-order valence-electron chi connectivity index (χ2n) is 5.00. The van der Waals surface area contributed by atoms with Crippen LogP contribution in [0.1, 0.15) is 18.4 Å². The molecule has 0 aromatic heterocycles. The largest absolute Gasteiger partial charge is 0.466 e. The second kappa shape index (κ2) is 5.57. The molecule has 0 saturated carbocycles. The highest BCUT2D eigenvalue weighted by molar-refractivity contribution is 5.92. The van der Waals surface area contributed by atoms with E-state index in [0.29, 0.717) is 22.8 Å². The molecule has 0 saturated heterocycles. The summed E-state index contributed by atoms with van der Waals surface area (Å²) >= 11 is 0. The van der Waals surface area contributed by atoms with Gasteiger partial charge in [0.05, 0.1) is 18.6 Å². The van der Waals surface area contributed by atoms with E-state index in [1.54, 1.807) is 25.1 Å². The number of nitriles is 1. The Morgan fingerprint density at radius 3 is 2.83 bits per heavy atom. The maximum absolute atomic E-state index is 12.2. The monoisotopic (exact) mass is 314 g/mol. The fraction of sp³-hybridized carbons (Fsp3) is 0.250. The first-order valence-corrected chi connectivity index (χ1v) is 6.83. The van der Waals surface area contributed by atoms with E-state index in [0.717, 1.165) is 0 Å². The lowest BCUT2D eigenvalue weighted by Crippen LogP contribution is -2.25. The molecule has 3 rings (SSSR count). The number of carbonyl (C=O) groups is 1. The van der Waals surface area contributed by atoms with E-state index in [2.05, 4.69) is 0 Å². The van der Waals surface area contributed by atoms with Gasteiger partial charge in [0.2, 0.25) is 12.7 Å². The SMILES string of the molecule is COC(=O)C1=C(C)OC(N)=C(C#N)[C@H]1c1ccc2c(c1)OCO2. The third-order valence-electron chi connectivity index (χ3n) is 3.74. The summed E-state index contributed by atoms with van der Waals surface area (Å²) in [5.74, 6) is 0.167. The first kappa shape index (κ1) is 14.8. The van der Waals surface area contributed by atoms with Gasteiger partial charge >= 0.3 is 5.97 Å². The average molecular weight is 314 g/mol. The molecule has 2 aliphatic rings. The molecule has 0 bridgehead atoms. The number of ether oxygens (including phenoxy) is 4. The Morgan fingerprint density at radius 1 is 1.39 bits per heavy atom. The zero-order valence-corrected chi connectivity index (χ0v) is 12.6. The van der Waals surface area contributed by atoms with Crippen LogP contribution in [-0.4, -0.2) is 19.9 Å². The predicted molar refractivity (Wildman–Crippen MR) is 77.9 cm³/mol. The van der Waals surface area contributed by atoms with Crippen molar-refractivity contribution in [3.8, 4) is 17.6 Å². The van der Waals surface area contributed by atoms with Crippen molar-refractivity contribution in [3.05, 3.63) is 46.6 Å². The fourth-order valence-corrected chi connectivity index (χ4v) is 2.68. The topological polar surface area (TPSA) is 104 Å². The Labute approximate surface area is 132 Å². The molecular weight excluding hydrogens is 300 g/mol. The molecule has 2 aliphatic heterocycles. The van der Waals surface area contributed by atoms with E-state index in [1.807, 2.05) is 6.07 Å². The fourth-order valence-electron chi connectivity index (χ4n) is 2.68. The summed E-state index contributed by atoms with van der Waals surface area (Å²) in [4.78, 5) is 12.2. The Kier molecular flexibility index (Phi) is 3.58. The minimum absolute atomic E-state index is 0.0275. The van der Waals surface area contributed by atoms with Gasteiger partial charge in [-0.25, -0.2) is 4.79 Å². The van der Waals surface area contributed by atoms with Crippen LogP contribution in [0.2, 0.25) is 0 Å². The van der Waals surface area contributed by atoms with E-state index in [9.17, 15) is 10.1 Å². The van der Waals surface area contributed by atoms with Gasteiger partial charge in [-0.1, -0.05) is 6.07 Å². The van der Waals surface area contributed by atoms with Crippen LogP contribution >= 0.6 is 0 Å². The summed E-state index contributed by atoms with van der Waals surface area (Å²) in [7, 11) is 1.27. The van der Waals surface area contributed by atoms with Crippen LogP contribution in [-0.2, 0) is 14.3 Å². The zero-order chi connectivity index (χ0) is 16.6. The number of benzene rings is 1. The number of nitrogens with zero attached hydrogens (tertiary/aromatic N) is 1. The summed E-state index contributed by atoms with van der Waals surface area (Å²) in [6.07, 6.45) is 0. The predicted octanol–water partition coefficient (Wildman–Crippen LogP) is 1.67. The highest BCUT2D eigenvalue weighted by Gasteiger charge is 2.36. The molecule has 23 heavy (non-hydrogen) atoms. The van der Waals surface area contributed by atoms with Gasteiger partial charge in [-0.15, -0.1) is 0 Å². The summed E-state index contributed by atoms with van der Waals surface area (Å²) in [5.41, 5.74) is 6.86. The van der Waals surface area contributed by atoms with Gasteiger partial charge in [0, 0.05) is 0 Å². The van der Waals surface area contributed by atoms with Crippen LogP contribution in [0.4, 0.5) is 0 Å². The van der Waals surface area contributed by atoms with Crippen molar-refractivity contribution in [2.75, 3.05) is 13.9 Å². The Morgan fingerprint density at radius 2 is 2.13 bits per heavy atom. The van der Waals surface area contributed by atoms with Crippen molar-refractivity contribution in [1.29, 1.82) is 5.26 Å². The van der Waals surface area contributed by atoms with Gasteiger partial charge in [0.15, 0.2) is 11.5 Å². The molecule has 0 fully saturated rings.